The molecule has 3 heteroatoms. The first-order valence-electron chi connectivity index (χ1n) is 5.81. The highest BCUT2D eigenvalue weighted by Crippen LogP contribution is 2.29. The van der Waals surface area contributed by atoms with Gasteiger partial charge in [0.2, 0.25) is 5.91 Å². The second kappa shape index (κ2) is 3.84. The highest BCUT2D eigenvalue weighted by molar-refractivity contribution is 6.00. The summed E-state index contributed by atoms with van der Waals surface area (Å²) in [6.45, 7) is 0.525. The van der Waals surface area contributed by atoms with Crippen LogP contribution in [-0.4, -0.2) is 22.6 Å². The first-order valence-corrected chi connectivity index (χ1v) is 5.81. The Labute approximate surface area is 99.7 Å². The van der Waals surface area contributed by atoms with E-state index in [4.69, 9.17) is 0 Å². The number of amides is 1. The van der Waals surface area contributed by atoms with E-state index in [1.165, 1.54) is 0 Å². The minimum atomic E-state index is -0.340. The first-order chi connectivity index (χ1) is 8.25. The Kier molecular flexibility index (Phi) is 2.32. The molecule has 3 aliphatic rings. The average molecular weight is 227 g/mol. The van der Waals surface area contributed by atoms with Crippen LogP contribution >= 0.6 is 0 Å². The molecule has 2 bridgehead atoms. The standard InChI is InChI=1S/C14H13NO2/c16-13-8-11-6-7-12(13)15(14(11)17)9-10-4-2-1-3-5-10/h1-7,11-12H,8-9H2. The van der Waals surface area contributed by atoms with E-state index in [0.717, 1.165) is 5.56 Å². The van der Waals surface area contributed by atoms with Gasteiger partial charge in [-0.2, -0.15) is 0 Å². The third-order valence-electron chi connectivity index (χ3n) is 3.41. The van der Waals surface area contributed by atoms with Gasteiger partial charge in [0, 0.05) is 13.0 Å². The van der Waals surface area contributed by atoms with Crippen molar-refractivity contribution in [2.45, 2.75) is 19.0 Å². The third kappa shape index (κ3) is 1.68. The summed E-state index contributed by atoms with van der Waals surface area (Å²) in [5, 5.41) is 0. The minimum absolute atomic E-state index is 0.0842. The van der Waals surface area contributed by atoms with Crippen LogP contribution in [0, 0.1) is 5.92 Å². The second-order valence-corrected chi connectivity index (χ2v) is 4.56. The maximum absolute atomic E-state index is 12.1. The van der Waals surface area contributed by atoms with E-state index in [1.54, 1.807) is 4.90 Å². The molecule has 0 spiro atoms. The lowest BCUT2D eigenvalue weighted by atomic mass is 9.84. The number of ketones is 1. The highest BCUT2D eigenvalue weighted by atomic mass is 16.2. The zero-order valence-corrected chi connectivity index (χ0v) is 9.37. The number of piperidine rings is 1. The van der Waals surface area contributed by atoms with Crippen molar-refractivity contribution < 1.29 is 9.59 Å². The number of carbonyl (C=O) groups excluding carboxylic acids is 2. The minimum Gasteiger partial charge on any atom is -0.324 e. The molecule has 0 radical (unpaired) electrons. The smallest absolute Gasteiger partial charge is 0.231 e. The second-order valence-electron chi connectivity index (χ2n) is 4.56. The quantitative estimate of drug-likeness (QED) is 0.719. The summed E-state index contributed by atoms with van der Waals surface area (Å²) in [4.78, 5) is 25.5. The van der Waals surface area contributed by atoms with Crippen molar-refractivity contribution >= 4 is 11.7 Å². The normalized spacial score (nSPS) is 26.7. The van der Waals surface area contributed by atoms with Crippen molar-refractivity contribution in [3.63, 3.8) is 0 Å². The van der Waals surface area contributed by atoms with Gasteiger partial charge >= 0.3 is 0 Å². The lowest BCUT2D eigenvalue weighted by molar-refractivity contribution is -0.148. The molecule has 1 aliphatic carbocycles. The zero-order valence-electron chi connectivity index (χ0n) is 9.37. The molecule has 0 saturated carbocycles. The van der Waals surface area contributed by atoms with Crippen LogP contribution in [0.25, 0.3) is 0 Å². The van der Waals surface area contributed by atoms with Crippen LogP contribution in [0.5, 0.6) is 0 Å². The Morgan fingerprint density at radius 2 is 1.88 bits per heavy atom. The number of carbonyl (C=O) groups is 2. The van der Waals surface area contributed by atoms with Crippen molar-refractivity contribution in [3.05, 3.63) is 48.0 Å². The molecule has 2 unspecified atom stereocenters. The van der Waals surface area contributed by atoms with Gasteiger partial charge in [-0.1, -0.05) is 42.5 Å². The predicted molar refractivity (Wildman–Crippen MR) is 63.0 cm³/mol. The van der Waals surface area contributed by atoms with Gasteiger partial charge in [0.25, 0.3) is 0 Å². The monoisotopic (exact) mass is 227 g/mol. The van der Waals surface area contributed by atoms with Crippen LogP contribution in [0.2, 0.25) is 0 Å². The molecule has 2 atom stereocenters. The van der Waals surface area contributed by atoms with Crippen molar-refractivity contribution in [1.29, 1.82) is 0 Å². The van der Waals surface area contributed by atoms with Gasteiger partial charge < -0.3 is 4.90 Å². The molecule has 0 N–H and O–H groups in total. The fourth-order valence-electron chi connectivity index (χ4n) is 2.51. The van der Waals surface area contributed by atoms with Crippen molar-refractivity contribution in [3.8, 4) is 0 Å². The lowest BCUT2D eigenvalue weighted by Crippen LogP contribution is -2.53. The van der Waals surface area contributed by atoms with Gasteiger partial charge in [-0.3, -0.25) is 9.59 Å². The molecular weight excluding hydrogens is 214 g/mol. The average Bonchev–Trinajstić information content (AvgIpc) is 2.35. The molecule has 2 heterocycles. The number of nitrogens with zero attached hydrogens (tertiary/aromatic N) is 1. The summed E-state index contributed by atoms with van der Waals surface area (Å²) in [6.07, 6.45) is 4.11. The Morgan fingerprint density at radius 1 is 1.12 bits per heavy atom. The van der Waals surface area contributed by atoms with E-state index in [-0.39, 0.29) is 23.7 Å². The summed E-state index contributed by atoms with van der Waals surface area (Å²) in [6, 6.07) is 9.44. The van der Waals surface area contributed by atoms with E-state index >= 15 is 0 Å². The van der Waals surface area contributed by atoms with Crippen molar-refractivity contribution in [1.82, 2.24) is 4.90 Å². The maximum atomic E-state index is 12.1. The van der Waals surface area contributed by atoms with E-state index in [1.807, 2.05) is 42.5 Å². The van der Waals surface area contributed by atoms with Gasteiger partial charge in [0.05, 0.1) is 5.92 Å². The van der Waals surface area contributed by atoms with E-state index in [0.29, 0.717) is 13.0 Å². The molecule has 1 aromatic carbocycles. The van der Waals surface area contributed by atoms with E-state index < -0.39 is 0 Å². The van der Waals surface area contributed by atoms with E-state index in [2.05, 4.69) is 0 Å². The Morgan fingerprint density at radius 3 is 2.59 bits per heavy atom. The highest BCUT2D eigenvalue weighted by Gasteiger charge is 2.41. The van der Waals surface area contributed by atoms with Crippen molar-refractivity contribution in [2.24, 2.45) is 5.92 Å². The number of hydrogen-bond donors (Lipinski definition) is 0. The SMILES string of the molecule is O=C1CC2C=CC1N(Cc1ccccc1)C2=O. The molecule has 17 heavy (non-hydrogen) atoms. The third-order valence-corrected chi connectivity index (χ3v) is 3.41. The molecule has 3 nitrogen and oxygen atoms in total. The lowest BCUT2D eigenvalue weighted by Gasteiger charge is -2.39. The van der Waals surface area contributed by atoms with Crippen LogP contribution in [-0.2, 0) is 16.1 Å². The molecule has 1 amide bonds. The molecule has 1 fully saturated rings. The zero-order chi connectivity index (χ0) is 11.8. The summed E-state index contributed by atoms with van der Waals surface area (Å²) in [7, 11) is 0. The molecular formula is C14H13NO2. The fourth-order valence-corrected chi connectivity index (χ4v) is 2.51. The Bertz CT molecular complexity index is 492. The Balaban J connectivity index is 1.87. The Hall–Kier alpha value is -1.90. The summed E-state index contributed by atoms with van der Waals surface area (Å²) < 4.78 is 0. The molecule has 2 aliphatic heterocycles. The van der Waals surface area contributed by atoms with E-state index in [9.17, 15) is 9.59 Å². The van der Waals surface area contributed by atoms with Crippen LogP contribution in [0.1, 0.15) is 12.0 Å². The summed E-state index contributed by atoms with van der Waals surface area (Å²) in [5.74, 6) is 0.0187. The summed E-state index contributed by atoms with van der Waals surface area (Å²) >= 11 is 0. The molecule has 86 valence electrons. The van der Waals surface area contributed by atoms with Gasteiger partial charge in [-0.25, -0.2) is 0 Å². The van der Waals surface area contributed by atoms with Gasteiger partial charge in [0.1, 0.15) is 6.04 Å². The van der Waals surface area contributed by atoms with Gasteiger partial charge in [0.15, 0.2) is 5.78 Å². The summed E-state index contributed by atoms with van der Waals surface area (Å²) in [5.41, 5.74) is 1.06. The van der Waals surface area contributed by atoms with Crippen LogP contribution < -0.4 is 0 Å². The number of Topliss-reactive ketones (excluding diaryl/α,β-unsaturated/α-hetero) is 1. The largest absolute Gasteiger partial charge is 0.324 e. The van der Waals surface area contributed by atoms with Crippen LogP contribution in [0.15, 0.2) is 42.5 Å². The van der Waals surface area contributed by atoms with Gasteiger partial charge in [-0.15, -0.1) is 0 Å². The first kappa shape index (κ1) is 10.3. The van der Waals surface area contributed by atoms with Crippen LogP contribution in [0.4, 0.5) is 0 Å². The number of benzene rings is 1. The van der Waals surface area contributed by atoms with Gasteiger partial charge in [-0.05, 0) is 5.56 Å². The molecule has 1 saturated heterocycles. The maximum Gasteiger partial charge on any atom is 0.231 e. The fraction of sp³-hybridized carbons (Fsp3) is 0.286. The number of hydrogen-bond acceptors (Lipinski definition) is 2. The number of rotatable bonds is 2. The topological polar surface area (TPSA) is 37.4 Å². The molecule has 4 rings (SSSR count). The molecule has 1 aromatic rings. The van der Waals surface area contributed by atoms with Crippen LogP contribution in [0.3, 0.4) is 0 Å². The van der Waals surface area contributed by atoms with Crippen molar-refractivity contribution in [2.75, 3.05) is 0 Å². The number of fused-ring (bicyclic) bond motifs is 2. The predicted octanol–water partition coefficient (Wildman–Crippen LogP) is 1.54. The molecule has 0 aromatic heterocycles.